The number of hydrogen-bond acceptors (Lipinski definition) is 5. The van der Waals surface area contributed by atoms with Crippen LogP contribution in [-0.2, 0) is 19.1 Å². The van der Waals surface area contributed by atoms with Crippen LogP contribution in [0.1, 0.15) is 155 Å². The van der Waals surface area contributed by atoms with Crippen molar-refractivity contribution >= 4 is 31.8 Å². The molecule has 0 amide bonds. The van der Waals surface area contributed by atoms with E-state index < -0.39 is 19.9 Å². The van der Waals surface area contributed by atoms with Crippen LogP contribution < -0.4 is 0 Å². The lowest BCUT2D eigenvalue weighted by molar-refractivity contribution is -0.870. The second-order valence-electron chi connectivity index (χ2n) is 18.7. The van der Waals surface area contributed by atoms with Crippen LogP contribution in [-0.4, -0.2) is 103 Å². The lowest BCUT2D eigenvalue weighted by Gasteiger charge is -2.38. The average Bonchev–Trinajstić information content (AvgIpc) is 3.06. The zero-order valence-electron chi connectivity index (χ0n) is 36.4. The molecule has 8 heteroatoms. The number of carbonyl (C=O) groups excluding carboxylic acids is 2. The largest absolute Gasteiger partial charge is 0.465 e. The van der Waals surface area contributed by atoms with E-state index in [0.717, 1.165) is 40.7 Å². The van der Waals surface area contributed by atoms with Crippen LogP contribution in [0.15, 0.2) is 10.1 Å². The van der Waals surface area contributed by atoms with Crippen LogP contribution in [0.5, 0.6) is 0 Å². The number of quaternary nitrogens is 2. The Balaban J connectivity index is 2.99. The quantitative estimate of drug-likeness (QED) is 0.0295. The highest BCUT2D eigenvalue weighted by Crippen LogP contribution is 2.45. The summed E-state index contributed by atoms with van der Waals surface area (Å²) < 4.78 is 13.6. The molecular weight excluding hydrogens is 681 g/mol. The maximum absolute atomic E-state index is 13.9. The number of rotatable bonds is 32. The Morgan fingerprint density at radius 2 is 0.981 bits per heavy atom. The first-order valence-corrected chi connectivity index (χ1v) is 26.1. The van der Waals surface area contributed by atoms with E-state index in [0.29, 0.717) is 26.1 Å². The SMILES string of the molecule is CCCCCCCCCCCCOC(=O)[C@@H]1CC([Si](C)(C)CCCCCCCCCCCC)=C(SCC[N+](C)(C)C)C[C@H]1C(=O)OCC[N+](C)(C)C. The molecule has 0 N–H and O–H groups in total. The van der Waals surface area contributed by atoms with E-state index in [1.54, 1.807) is 0 Å². The highest BCUT2D eigenvalue weighted by molar-refractivity contribution is 8.03. The molecule has 0 spiro atoms. The van der Waals surface area contributed by atoms with Gasteiger partial charge in [0.25, 0.3) is 0 Å². The Kier molecular flexibility index (Phi) is 26.2. The molecule has 0 aliphatic heterocycles. The molecule has 0 aromatic carbocycles. The molecule has 52 heavy (non-hydrogen) atoms. The number of likely N-dealkylation sites (N-methyl/N-ethyl adjacent to an activating group) is 1. The first-order valence-electron chi connectivity index (χ1n) is 21.9. The molecule has 1 aliphatic rings. The summed E-state index contributed by atoms with van der Waals surface area (Å²) in [4.78, 5) is 29.1. The topological polar surface area (TPSA) is 52.6 Å². The molecule has 1 aliphatic carbocycles. The Hall–Kier alpha value is -0.833. The minimum atomic E-state index is -1.83. The van der Waals surface area contributed by atoms with Crippen molar-refractivity contribution < 1.29 is 28.0 Å². The lowest BCUT2D eigenvalue weighted by Crippen LogP contribution is -2.42. The van der Waals surface area contributed by atoms with Gasteiger partial charge in [0.15, 0.2) is 0 Å². The van der Waals surface area contributed by atoms with Gasteiger partial charge in [-0.3, -0.25) is 9.59 Å². The first-order chi connectivity index (χ1) is 24.6. The molecule has 0 fully saturated rings. The van der Waals surface area contributed by atoms with E-state index in [-0.39, 0.29) is 11.9 Å². The molecule has 0 heterocycles. The highest BCUT2D eigenvalue weighted by atomic mass is 32.2. The minimum absolute atomic E-state index is 0.180. The van der Waals surface area contributed by atoms with E-state index in [1.165, 1.54) is 132 Å². The fourth-order valence-electron chi connectivity index (χ4n) is 7.28. The van der Waals surface area contributed by atoms with Crippen molar-refractivity contribution in [3.63, 3.8) is 0 Å². The Morgan fingerprint density at radius 3 is 1.44 bits per heavy atom. The van der Waals surface area contributed by atoms with E-state index >= 15 is 0 Å². The minimum Gasteiger partial charge on any atom is -0.465 e. The van der Waals surface area contributed by atoms with Crippen molar-refractivity contribution in [3.05, 3.63) is 10.1 Å². The average molecular weight is 769 g/mol. The Bertz CT molecular complexity index is 988. The molecule has 6 nitrogen and oxygen atoms in total. The van der Waals surface area contributed by atoms with E-state index in [9.17, 15) is 9.59 Å². The third kappa shape index (κ3) is 23.8. The summed E-state index contributed by atoms with van der Waals surface area (Å²) in [6.45, 7) is 12.2. The summed E-state index contributed by atoms with van der Waals surface area (Å²) in [5, 5.41) is 1.52. The van der Waals surface area contributed by atoms with Crippen LogP contribution in [0.2, 0.25) is 19.1 Å². The molecule has 0 aromatic heterocycles. The van der Waals surface area contributed by atoms with Crippen LogP contribution in [0.3, 0.4) is 0 Å². The molecular formula is C44H88N2O4SSi+2. The molecule has 0 unspecified atom stereocenters. The number of nitrogens with zero attached hydrogens (tertiary/aromatic N) is 2. The fraction of sp³-hybridized carbons (Fsp3) is 0.909. The van der Waals surface area contributed by atoms with Gasteiger partial charge in [-0.05, 0) is 24.2 Å². The first kappa shape index (κ1) is 49.2. The second-order valence-corrected chi connectivity index (χ2v) is 24.8. The maximum Gasteiger partial charge on any atom is 0.310 e. The molecule has 0 bridgehead atoms. The smallest absolute Gasteiger partial charge is 0.310 e. The number of unbranched alkanes of at least 4 members (excludes halogenated alkanes) is 18. The van der Waals surface area contributed by atoms with E-state index in [4.69, 9.17) is 9.47 Å². The van der Waals surface area contributed by atoms with Crippen LogP contribution in [0.25, 0.3) is 0 Å². The van der Waals surface area contributed by atoms with Gasteiger partial charge in [0.05, 0.1) is 75.3 Å². The van der Waals surface area contributed by atoms with Crippen LogP contribution in [0, 0.1) is 11.8 Å². The highest BCUT2D eigenvalue weighted by Gasteiger charge is 2.44. The van der Waals surface area contributed by atoms with Crippen molar-refractivity contribution in [1.82, 2.24) is 0 Å². The monoisotopic (exact) mass is 769 g/mol. The Morgan fingerprint density at radius 1 is 0.577 bits per heavy atom. The van der Waals surface area contributed by atoms with Crippen molar-refractivity contribution in [2.75, 3.05) is 74.3 Å². The zero-order valence-corrected chi connectivity index (χ0v) is 38.2. The molecule has 0 aromatic rings. The summed E-state index contributed by atoms with van der Waals surface area (Å²) >= 11 is 1.95. The second kappa shape index (κ2) is 27.7. The van der Waals surface area contributed by atoms with Gasteiger partial charge in [0.1, 0.15) is 13.2 Å². The summed E-state index contributed by atoms with van der Waals surface area (Å²) in [7, 11) is 11.2. The number of ether oxygens (including phenoxy) is 2. The van der Waals surface area contributed by atoms with Gasteiger partial charge in [-0.15, -0.1) is 11.8 Å². The Labute approximate surface area is 329 Å². The van der Waals surface area contributed by atoms with Crippen LogP contribution in [0.4, 0.5) is 0 Å². The molecule has 2 atom stereocenters. The predicted molar refractivity (Wildman–Crippen MR) is 229 cm³/mol. The van der Waals surface area contributed by atoms with Crippen molar-refractivity contribution in [3.8, 4) is 0 Å². The van der Waals surface area contributed by atoms with Gasteiger partial charge in [0, 0.05) is 5.75 Å². The van der Waals surface area contributed by atoms with E-state index in [2.05, 4.69) is 69.2 Å². The fourth-order valence-corrected chi connectivity index (χ4v) is 12.8. The molecule has 1 rings (SSSR count). The zero-order chi connectivity index (χ0) is 38.9. The van der Waals surface area contributed by atoms with Gasteiger partial charge in [-0.1, -0.05) is 160 Å². The summed E-state index contributed by atoms with van der Waals surface area (Å²) in [6, 6.07) is 1.25. The van der Waals surface area contributed by atoms with Gasteiger partial charge < -0.3 is 18.4 Å². The normalized spacial score (nSPS) is 17.1. The standard InChI is InChI=1S/C44H88N2O4SSi/c1-11-13-15-17-19-21-23-25-27-29-33-49-44(48)40-38-42(52(9,10)36-30-28-26-24-22-20-18-16-14-12-2)41(51-35-32-46(6,7)8)37-39(40)43(47)50-34-31-45(3,4)5/h39-40H,11-38H2,1-10H3/q+2/t39-,40-/m1/s1. The van der Waals surface area contributed by atoms with Crippen molar-refractivity contribution in [2.24, 2.45) is 11.8 Å². The third-order valence-electron chi connectivity index (χ3n) is 11.0. The van der Waals surface area contributed by atoms with Gasteiger partial charge in [-0.2, -0.15) is 0 Å². The predicted octanol–water partition coefficient (Wildman–Crippen LogP) is 11.6. The van der Waals surface area contributed by atoms with Crippen LogP contribution >= 0.6 is 11.8 Å². The van der Waals surface area contributed by atoms with Crippen molar-refractivity contribution in [1.29, 1.82) is 0 Å². The van der Waals surface area contributed by atoms with Crippen molar-refractivity contribution in [2.45, 2.75) is 174 Å². The number of hydrogen-bond donors (Lipinski definition) is 0. The molecule has 0 radical (unpaired) electrons. The number of thioether (sulfide) groups is 1. The lowest BCUT2D eigenvalue weighted by atomic mass is 9.82. The summed E-state index contributed by atoms with van der Waals surface area (Å²) in [5.74, 6) is -0.294. The van der Waals surface area contributed by atoms with E-state index in [1.807, 2.05) is 11.8 Å². The summed E-state index contributed by atoms with van der Waals surface area (Å²) in [6.07, 6.45) is 27.3. The third-order valence-corrected chi connectivity index (χ3v) is 16.1. The van der Waals surface area contributed by atoms with Gasteiger partial charge >= 0.3 is 11.9 Å². The summed E-state index contributed by atoms with van der Waals surface area (Å²) in [5.41, 5.74) is 0. The molecule has 306 valence electrons. The van der Waals surface area contributed by atoms with Gasteiger partial charge in [0.2, 0.25) is 0 Å². The number of allylic oxidation sites excluding steroid dienone is 2. The maximum atomic E-state index is 13.9. The number of carbonyl (C=O) groups is 2. The molecule has 0 saturated heterocycles. The van der Waals surface area contributed by atoms with Gasteiger partial charge in [-0.25, -0.2) is 0 Å². The number of esters is 2. The molecule has 0 saturated carbocycles.